The number of pyridine rings is 1. The lowest BCUT2D eigenvalue weighted by atomic mass is 10.1. The van der Waals surface area contributed by atoms with E-state index in [1.807, 2.05) is 48.5 Å². The topological polar surface area (TPSA) is 73.6 Å². The summed E-state index contributed by atoms with van der Waals surface area (Å²) in [5, 5.41) is 7.41. The molecule has 118 valence electrons. The zero-order valence-corrected chi connectivity index (χ0v) is 13.2. The number of quaternary nitrogens is 1. The maximum absolute atomic E-state index is 11.1. The van der Waals surface area contributed by atoms with Crippen molar-refractivity contribution in [2.75, 3.05) is 13.6 Å². The van der Waals surface area contributed by atoms with Crippen molar-refractivity contribution >= 4 is 16.9 Å². The molecule has 0 saturated heterocycles. The zero-order valence-electron chi connectivity index (χ0n) is 13.2. The molecule has 2 heterocycles. The highest BCUT2D eigenvalue weighted by Crippen LogP contribution is 2.25. The predicted octanol–water partition coefficient (Wildman–Crippen LogP) is 1.22. The van der Waals surface area contributed by atoms with Gasteiger partial charge in [-0.2, -0.15) is 5.10 Å². The van der Waals surface area contributed by atoms with Gasteiger partial charge in [0, 0.05) is 35.8 Å². The number of rotatable bonds is 5. The summed E-state index contributed by atoms with van der Waals surface area (Å²) in [7, 11) is 2.04. The molecule has 2 N–H and O–H groups in total. The van der Waals surface area contributed by atoms with E-state index in [1.165, 1.54) is 6.92 Å². The van der Waals surface area contributed by atoms with Gasteiger partial charge < -0.3 is 10.1 Å². The van der Waals surface area contributed by atoms with E-state index in [0.717, 1.165) is 35.1 Å². The average molecular weight is 311 g/mol. The second kappa shape index (κ2) is 6.58. The van der Waals surface area contributed by atoms with Crippen LogP contribution in [-0.4, -0.2) is 34.3 Å². The maximum Gasteiger partial charge on any atom is 0.308 e. The number of aromatic nitrogens is 3. The lowest BCUT2D eigenvalue weighted by molar-refractivity contribution is -0.628. The summed E-state index contributed by atoms with van der Waals surface area (Å²) in [6, 6.07) is 7.44. The molecule has 0 aliphatic heterocycles. The molecule has 0 bridgehead atoms. The number of fused-ring (bicyclic) bond motifs is 1. The van der Waals surface area contributed by atoms with Gasteiger partial charge in [0.1, 0.15) is 5.75 Å². The van der Waals surface area contributed by atoms with Crippen molar-refractivity contribution in [3.63, 3.8) is 0 Å². The molecule has 6 heteroatoms. The number of likely N-dealkylation sites (N-methyl/N-ethyl adjacent to an activating group) is 1. The Morgan fingerprint density at radius 1 is 1.26 bits per heavy atom. The number of hydrogen-bond donors (Lipinski definition) is 1. The van der Waals surface area contributed by atoms with Gasteiger partial charge in [-0.1, -0.05) is 0 Å². The Labute approximate surface area is 134 Å². The number of nitrogens with zero attached hydrogens (tertiary/aromatic N) is 3. The third-order valence-electron chi connectivity index (χ3n) is 3.53. The molecular weight excluding hydrogens is 292 g/mol. The number of hydrogen-bond acceptors (Lipinski definition) is 4. The Kier molecular flexibility index (Phi) is 4.34. The van der Waals surface area contributed by atoms with Crippen molar-refractivity contribution in [3.8, 4) is 16.9 Å². The number of esters is 1. The van der Waals surface area contributed by atoms with Crippen LogP contribution in [0.5, 0.6) is 5.75 Å². The number of nitrogens with two attached hydrogens (primary N) is 1. The van der Waals surface area contributed by atoms with Gasteiger partial charge in [0.25, 0.3) is 0 Å². The van der Waals surface area contributed by atoms with Crippen LogP contribution in [0.4, 0.5) is 0 Å². The molecule has 0 radical (unpaired) electrons. The first-order valence-corrected chi connectivity index (χ1v) is 7.54. The molecule has 2 aromatic heterocycles. The molecule has 0 aliphatic carbocycles. The van der Waals surface area contributed by atoms with Crippen LogP contribution in [0.15, 0.2) is 42.9 Å². The van der Waals surface area contributed by atoms with E-state index in [2.05, 4.69) is 15.4 Å². The monoisotopic (exact) mass is 311 g/mol. The van der Waals surface area contributed by atoms with E-state index in [-0.39, 0.29) is 5.97 Å². The molecule has 1 aromatic carbocycles. The molecule has 3 aromatic rings. The smallest absolute Gasteiger partial charge is 0.308 e. The Balaban J connectivity index is 1.91. The molecular formula is C17H19N4O2+. The van der Waals surface area contributed by atoms with Crippen molar-refractivity contribution < 1.29 is 14.8 Å². The Morgan fingerprint density at radius 2 is 2.13 bits per heavy atom. The third-order valence-corrected chi connectivity index (χ3v) is 3.53. The SMILES string of the molecule is C[NH2+]CCn1cc(-c2cnc3ccc(OC(C)=O)cc3c2)cn1. The fraction of sp³-hybridized carbons (Fsp3) is 0.235. The first-order chi connectivity index (χ1) is 11.2. The van der Waals surface area contributed by atoms with Crippen molar-refractivity contribution in [1.82, 2.24) is 14.8 Å². The molecule has 6 nitrogen and oxygen atoms in total. The van der Waals surface area contributed by atoms with Crippen LogP contribution in [-0.2, 0) is 11.3 Å². The Morgan fingerprint density at radius 3 is 2.91 bits per heavy atom. The lowest BCUT2D eigenvalue weighted by Gasteiger charge is -2.04. The van der Waals surface area contributed by atoms with Crippen molar-refractivity contribution in [2.24, 2.45) is 0 Å². The second-order valence-electron chi connectivity index (χ2n) is 5.36. The fourth-order valence-corrected chi connectivity index (χ4v) is 2.39. The van der Waals surface area contributed by atoms with Gasteiger partial charge in [0.05, 0.1) is 31.9 Å². The Bertz CT molecular complexity index is 841. The zero-order chi connectivity index (χ0) is 16.2. The molecule has 0 fully saturated rings. The van der Waals surface area contributed by atoms with Crippen LogP contribution in [0.1, 0.15) is 6.92 Å². The van der Waals surface area contributed by atoms with Crippen LogP contribution in [0.3, 0.4) is 0 Å². The average Bonchev–Trinajstić information content (AvgIpc) is 3.00. The Hall–Kier alpha value is -2.73. The van der Waals surface area contributed by atoms with Crippen molar-refractivity contribution in [3.05, 3.63) is 42.9 Å². The van der Waals surface area contributed by atoms with E-state index in [1.54, 1.807) is 6.07 Å². The summed E-state index contributed by atoms with van der Waals surface area (Å²) in [5.74, 6) is 0.195. The lowest BCUT2D eigenvalue weighted by Crippen LogP contribution is -2.80. The summed E-state index contributed by atoms with van der Waals surface area (Å²) in [4.78, 5) is 15.5. The summed E-state index contributed by atoms with van der Waals surface area (Å²) in [6.45, 7) is 3.25. The minimum absolute atomic E-state index is 0.331. The fourth-order valence-electron chi connectivity index (χ4n) is 2.39. The van der Waals surface area contributed by atoms with E-state index < -0.39 is 0 Å². The normalized spacial score (nSPS) is 10.9. The third kappa shape index (κ3) is 3.54. The van der Waals surface area contributed by atoms with Crippen LogP contribution in [0.2, 0.25) is 0 Å². The summed E-state index contributed by atoms with van der Waals surface area (Å²) < 4.78 is 7.06. The van der Waals surface area contributed by atoms with Crippen LogP contribution in [0, 0.1) is 0 Å². The highest BCUT2D eigenvalue weighted by molar-refractivity contribution is 5.85. The van der Waals surface area contributed by atoms with Gasteiger partial charge >= 0.3 is 5.97 Å². The number of carbonyl (C=O) groups excluding carboxylic acids is 1. The van der Waals surface area contributed by atoms with Gasteiger partial charge in [-0.3, -0.25) is 14.5 Å². The molecule has 0 spiro atoms. The minimum Gasteiger partial charge on any atom is -0.427 e. The predicted molar refractivity (Wildman–Crippen MR) is 87.0 cm³/mol. The second-order valence-corrected chi connectivity index (χ2v) is 5.36. The van der Waals surface area contributed by atoms with Crippen LogP contribution in [0.25, 0.3) is 22.0 Å². The first-order valence-electron chi connectivity index (χ1n) is 7.54. The standard InChI is InChI=1S/C17H18N4O2/c1-12(22)23-16-3-4-17-13(8-16)7-14(9-19-17)15-10-20-21(11-15)6-5-18-2/h3-4,7-11,18H,5-6H2,1-2H3/p+1. The van der Waals surface area contributed by atoms with Crippen molar-refractivity contribution in [2.45, 2.75) is 13.5 Å². The summed E-state index contributed by atoms with van der Waals surface area (Å²) >= 11 is 0. The number of carbonyl (C=O) groups is 1. The van der Waals surface area contributed by atoms with Crippen LogP contribution < -0.4 is 10.1 Å². The van der Waals surface area contributed by atoms with Gasteiger partial charge in [0.15, 0.2) is 0 Å². The highest BCUT2D eigenvalue weighted by atomic mass is 16.5. The first kappa shape index (κ1) is 15.2. The van der Waals surface area contributed by atoms with Crippen LogP contribution >= 0.6 is 0 Å². The molecule has 0 saturated carbocycles. The summed E-state index contributed by atoms with van der Waals surface area (Å²) in [6.07, 6.45) is 5.69. The molecule has 0 unspecified atom stereocenters. The minimum atomic E-state index is -0.331. The molecule has 0 amide bonds. The summed E-state index contributed by atoms with van der Waals surface area (Å²) in [5.41, 5.74) is 2.87. The van der Waals surface area contributed by atoms with Gasteiger partial charge in [-0.15, -0.1) is 0 Å². The quantitative estimate of drug-likeness (QED) is 0.568. The highest BCUT2D eigenvalue weighted by Gasteiger charge is 2.06. The van der Waals surface area contributed by atoms with E-state index in [0.29, 0.717) is 5.75 Å². The van der Waals surface area contributed by atoms with Crippen molar-refractivity contribution in [1.29, 1.82) is 0 Å². The number of benzene rings is 1. The largest absolute Gasteiger partial charge is 0.427 e. The van der Waals surface area contributed by atoms with E-state index in [9.17, 15) is 4.79 Å². The number of ether oxygens (including phenoxy) is 1. The molecule has 23 heavy (non-hydrogen) atoms. The molecule has 3 rings (SSSR count). The van der Waals surface area contributed by atoms with Gasteiger partial charge in [-0.05, 0) is 24.3 Å². The van der Waals surface area contributed by atoms with E-state index >= 15 is 0 Å². The van der Waals surface area contributed by atoms with Gasteiger partial charge in [-0.25, -0.2) is 0 Å². The maximum atomic E-state index is 11.1. The molecule has 0 aliphatic rings. The van der Waals surface area contributed by atoms with Gasteiger partial charge in [0.2, 0.25) is 0 Å². The molecule has 0 atom stereocenters. The van der Waals surface area contributed by atoms with E-state index in [4.69, 9.17) is 4.74 Å².